The average molecular weight is 487 g/mol. The lowest BCUT2D eigenvalue weighted by atomic mass is 10.1. The van der Waals surface area contributed by atoms with E-state index >= 15 is 0 Å². The van der Waals surface area contributed by atoms with Gasteiger partial charge in [0.25, 0.3) is 0 Å². The molecular formula is C29H34N4O3. The van der Waals surface area contributed by atoms with Crippen molar-refractivity contribution < 1.29 is 14.3 Å². The summed E-state index contributed by atoms with van der Waals surface area (Å²) >= 11 is 0. The topological polar surface area (TPSA) is 66.9 Å². The summed E-state index contributed by atoms with van der Waals surface area (Å²) in [5.41, 5.74) is 3.12. The largest absolute Gasteiger partial charge is 0.496 e. The van der Waals surface area contributed by atoms with Crippen LogP contribution in [-0.2, 0) is 11.3 Å². The number of para-hydroxylation sites is 2. The van der Waals surface area contributed by atoms with Crippen molar-refractivity contribution in [2.24, 2.45) is 0 Å². The van der Waals surface area contributed by atoms with Gasteiger partial charge in [-0.15, -0.1) is 0 Å². The van der Waals surface area contributed by atoms with Crippen molar-refractivity contribution >= 4 is 5.91 Å². The van der Waals surface area contributed by atoms with E-state index in [4.69, 9.17) is 9.47 Å². The molecular weight excluding hydrogens is 452 g/mol. The zero-order valence-corrected chi connectivity index (χ0v) is 20.8. The second-order valence-electron chi connectivity index (χ2n) is 9.41. The fourth-order valence-corrected chi connectivity index (χ4v) is 5.24. The van der Waals surface area contributed by atoms with Gasteiger partial charge in [0.15, 0.2) is 0 Å². The standard InChI is InChI=1S/C29H34N4O3/c1-35-26-13-5-3-11-24(26)27-21-32(20-23-9-2-4-12-25(23)36-27)18-15-31-29(34)28(33-16-6-7-17-33)22-10-8-14-30-19-22/h2-5,8-14,19,27-28H,6-7,15-18,20-21H2,1H3,(H,31,34)/t27-,28-/m1/s1. The van der Waals surface area contributed by atoms with Crippen LogP contribution in [-0.4, -0.2) is 60.5 Å². The van der Waals surface area contributed by atoms with E-state index in [1.807, 2.05) is 54.7 Å². The van der Waals surface area contributed by atoms with Crippen molar-refractivity contribution in [3.63, 3.8) is 0 Å². The van der Waals surface area contributed by atoms with E-state index < -0.39 is 0 Å². The Balaban J connectivity index is 1.29. The summed E-state index contributed by atoms with van der Waals surface area (Å²) in [5, 5.41) is 3.21. The minimum atomic E-state index is -0.296. The predicted molar refractivity (Wildman–Crippen MR) is 139 cm³/mol. The van der Waals surface area contributed by atoms with Gasteiger partial charge in [-0.1, -0.05) is 42.5 Å². The first-order valence-corrected chi connectivity index (χ1v) is 12.7. The summed E-state index contributed by atoms with van der Waals surface area (Å²) in [4.78, 5) is 22.2. The molecule has 2 aliphatic rings. The molecule has 3 aromatic rings. The summed E-state index contributed by atoms with van der Waals surface area (Å²) in [6.45, 7) is 4.61. The molecule has 0 radical (unpaired) electrons. The number of ether oxygens (including phenoxy) is 2. The van der Waals surface area contributed by atoms with Crippen LogP contribution in [0.2, 0.25) is 0 Å². The Kier molecular flexibility index (Phi) is 7.79. The molecule has 1 N–H and O–H groups in total. The van der Waals surface area contributed by atoms with Gasteiger partial charge in [0.05, 0.1) is 7.11 Å². The Morgan fingerprint density at radius 1 is 1.11 bits per heavy atom. The van der Waals surface area contributed by atoms with Gasteiger partial charge in [-0.05, 0) is 49.7 Å². The monoisotopic (exact) mass is 486 g/mol. The first-order valence-electron chi connectivity index (χ1n) is 12.7. The molecule has 2 aliphatic heterocycles. The van der Waals surface area contributed by atoms with Gasteiger partial charge in [0.1, 0.15) is 23.6 Å². The lowest BCUT2D eigenvalue weighted by Gasteiger charge is -2.28. The van der Waals surface area contributed by atoms with Gasteiger partial charge in [-0.2, -0.15) is 0 Å². The van der Waals surface area contributed by atoms with Crippen molar-refractivity contribution in [2.75, 3.05) is 39.8 Å². The summed E-state index contributed by atoms with van der Waals surface area (Å²) in [6.07, 6.45) is 5.64. The number of fused-ring (bicyclic) bond motifs is 1. The minimum absolute atomic E-state index is 0.0395. The number of nitrogens with zero attached hydrogens (tertiary/aromatic N) is 3. The van der Waals surface area contributed by atoms with Gasteiger partial charge in [-0.3, -0.25) is 19.6 Å². The first-order chi connectivity index (χ1) is 17.7. The maximum Gasteiger partial charge on any atom is 0.242 e. The Morgan fingerprint density at radius 2 is 1.92 bits per heavy atom. The van der Waals surface area contributed by atoms with Gasteiger partial charge >= 0.3 is 0 Å². The molecule has 0 spiro atoms. The van der Waals surface area contributed by atoms with Gasteiger partial charge in [-0.25, -0.2) is 0 Å². The molecule has 0 saturated carbocycles. The number of hydrogen-bond donors (Lipinski definition) is 1. The summed E-state index contributed by atoms with van der Waals surface area (Å²) in [5.74, 6) is 1.75. The van der Waals surface area contributed by atoms with Crippen molar-refractivity contribution in [1.82, 2.24) is 20.1 Å². The number of rotatable bonds is 8. The first kappa shape index (κ1) is 24.3. The lowest BCUT2D eigenvalue weighted by Crippen LogP contribution is -2.42. The summed E-state index contributed by atoms with van der Waals surface area (Å²) in [7, 11) is 1.69. The Morgan fingerprint density at radius 3 is 2.72 bits per heavy atom. The average Bonchev–Trinajstić information content (AvgIpc) is 3.37. The Hall–Kier alpha value is -3.42. The van der Waals surface area contributed by atoms with Crippen molar-refractivity contribution in [3.05, 3.63) is 89.7 Å². The van der Waals surface area contributed by atoms with E-state index in [0.717, 1.165) is 67.2 Å². The van der Waals surface area contributed by atoms with Gasteiger partial charge in [0.2, 0.25) is 5.91 Å². The third-order valence-corrected chi connectivity index (χ3v) is 7.03. The van der Waals surface area contributed by atoms with Gasteiger partial charge < -0.3 is 14.8 Å². The normalized spacial score (nSPS) is 19.1. The number of pyridine rings is 1. The van der Waals surface area contributed by atoms with Crippen LogP contribution in [0, 0.1) is 0 Å². The Bertz CT molecular complexity index is 1150. The van der Waals surface area contributed by atoms with E-state index in [2.05, 4.69) is 32.2 Å². The molecule has 1 saturated heterocycles. The van der Waals surface area contributed by atoms with E-state index in [9.17, 15) is 4.79 Å². The van der Waals surface area contributed by atoms with Crippen LogP contribution in [0.25, 0.3) is 0 Å². The quantitative estimate of drug-likeness (QED) is 0.520. The predicted octanol–water partition coefficient (Wildman–Crippen LogP) is 3.98. The molecule has 2 atom stereocenters. The third kappa shape index (κ3) is 5.53. The smallest absolute Gasteiger partial charge is 0.242 e. The maximum atomic E-state index is 13.4. The van der Waals surface area contributed by atoms with Crippen LogP contribution in [0.15, 0.2) is 73.1 Å². The highest BCUT2D eigenvalue weighted by Gasteiger charge is 2.30. The number of nitrogens with one attached hydrogen (secondary N) is 1. The van der Waals surface area contributed by atoms with Crippen molar-refractivity contribution in [2.45, 2.75) is 31.5 Å². The van der Waals surface area contributed by atoms with Crippen LogP contribution in [0.3, 0.4) is 0 Å². The lowest BCUT2D eigenvalue weighted by molar-refractivity contribution is -0.126. The van der Waals surface area contributed by atoms with E-state index in [0.29, 0.717) is 13.1 Å². The molecule has 2 aromatic carbocycles. The fourth-order valence-electron chi connectivity index (χ4n) is 5.24. The zero-order valence-electron chi connectivity index (χ0n) is 20.8. The zero-order chi connectivity index (χ0) is 24.7. The number of carbonyl (C=O) groups excluding carboxylic acids is 1. The molecule has 5 rings (SSSR count). The molecule has 1 amide bonds. The summed E-state index contributed by atoms with van der Waals surface area (Å²) in [6, 6.07) is 19.8. The molecule has 0 bridgehead atoms. The van der Waals surface area contributed by atoms with Crippen molar-refractivity contribution in [1.29, 1.82) is 0 Å². The number of methoxy groups -OCH3 is 1. The molecule has 0 aliphatic carbocycles. The van der Waals surface area contributed by atoms with Crippen molar-refractivity contribution in [3.8, 4) is 11.5 Å². The van der Waals surface area contributed by atoms with Gasteiger partial charge in [0, 0.05) is 49.7 Å². The van der Waals surface area contributed by atoms with E-state index in [1.54, 1.807) is 13.3 Å². The van der Waals surface area contributed by atoms with Crippen LogP contribution in [0.1, 0.15) is 41.7 Å². The molecule has 3 heterocycles. The van der Waals surface area contributed by atoms with Crippen LogP contribution < -0.4 is 14.8 Å². The maximum absolute atomic E-state index is 13.4. The van der Waals surface area contributed by atoms with Crippen LogP contribution in [0.4, 0.5) is 0 Å². The molecule has 7 nitrogen and oxygen atoms in total. The molecule has 36 heavy (non-hydrogen) atoms. The molecule has 0 unspecified atom stereocenters. The third-order valence-electron chi connectivity index (χ3n) is 7.03. The second kappa shape index (κ2) is 11.5. The number of carbonyl (C=O) groups is 1. The fraction of sp³-hybridized carbons (Fsp3) is 0.379. The number of hydrogen-bond acceptors (Lipinski definition) is 6. The molecule has 1 aromatic heterocycles. The number of amides is 1. The Labute approximate surface area is 213 Å². The number of benzene rings is 2. The highest BCUT2D eigenvalue weighted by atomic mass is 16.5. The minimum Gasteiger partial charge on any atom is -0.496 e. The number of likely N-dealkylation sites (tertiary alicyclic amines) is 1. The summed E-state index contributed by atoms with van der Waals surface area (Å²) < 4.78 is 12.1. The van der Waals surface area contributed by atoms with Crippen LogP contribution >= 0.6 is 0 Å². The SMILES string of the molecule is COc1ccccc1[C@H]1CN(CCNC(=O)[C@@H](c2cccnc2)N2CCCC2)Cc2ccccc2O1. The van der Waals surface area contributed by atoms with Crippen LogP contribution in [0.5, 0.6) is 11.5 Å². The van der Waals surface area contributed by atoms with E-state index in [-0.39, 0.29) is 18.1 Å². The van der Waals surface area contributed by atoms with E-state index in [1.165, 1.54) is 0 Å². The highest BCUT2D eigenvalue weighted by Crippen LogP contribution is 2.34. The second-order valence-corrected chi connectivity index (χ2v) is 9.41. The molecule has 188 valence electrons. The molecule has 7 heteroatoms. The highest BCUT2D eigenvalue weighted by molar-refractivity contribution is 5.83. The number of aromatic nitrogens is 1. The molecule has 1 fully saturated rings.